The van der Waals surface area contributed by atoms with Crippen molar-refractivity contribution in [3.05, 3.63) is 35.8 Å². The molecule has 23 heavy (non-hydrogen) atoms. The Bertz CT molecular complexity index is 704. The van der Waals surface area contributed by atoms with Gasteiger partial charge >= 0.3 is 0 Å². The van der Waals surface area contributed by atoms with Crippen LogP contribution in [0.15, 0.2) is 24.3 Å². The van der Waals surface area contributed by atoms with Crippen molar-refractivity contribution >= 4 is 16.6 Å². The van der Waals surface area contributed by atoms with Crippen LogP contribution in [0.5, 0.6) is 0 Å². The van der Waals surface area contributed by atoms with Crippen LogP contribution in [0.4, 0.5) is 10.1 Å². The fourth-order valence-electron chi connectivity index (χ4n) is 4.06. The predicted octanol–water partition coefficient (Wildman–Crippen LogP) is 4.08. The molecule has 1 aromatic heterocycles. The molecule has 0 spiro atoms. The van der Waals surface area contributed by atoms with E-state index in [2.05, 4.69) is 16.0 Å². The molecule has 0 N–H and O–H groups in total. The summed E-state index contributed by atoms with van der Waals surface area (Å²) in [6, 6.07) is 6.97. The average molecular weight is 314 g/mol. The second kappa shape index (κ2) is 6.08. The third-order valence-electron chi connectivity index (χ3n) is 5.25. The van der Waals surface area contributed by atoms with E-state index in [9.17, 15) is 4.39 Å². The minimum absolute atomic E-state index is 0.196. The van der Waals surface area contributed by atoms with Gasteiger partial charge in [-0.15, -0.1) is 0 Å². The number of ether oxygens (including phenoxy) is 1. The number of halogens is 1. The number of rotatable bonds is 2. The maximum atomic E-state index is 13.7. The normalized spacial score (nSPS) is 22.9. The highest BCUT2D eigenvalue weighted by molar-refractivity contribution is 5.92. The summed E-state index contributed by atoms with van der Waals surface area (Å²) < 4.78 is 19.5. The van der Waals surface area contributed by atoms with Crippen LogP contribution < -0.4 is 4.90 Å². The summed E-state index contributed by atoms with van der Waals surface area (Å²) >= 11 is 0. The first-order valence-electron chi connectivity index (χ1n) is 8.64. The average Bonchev–Trinajstić information content (AvgIpc) is 3.09. The summed E-state index contributed by atoms with van der Waals surface area (Å²) in [5.74, 6) is 0.485. The molecule has 3 heterocycles. The quantitative estimate of drug-likeness (QED) is 0.835. The molecule has 2 saturated heterocycles. The van der Waals surface area contributed by atoms with Crippen LogP contribution in [0.2, 0.25) is 0 Å². The number of nitrogens with zero attached hydrogens (tertiary/aromatic N) is 2. The molecule has 1 atom stereocenters. The van der Waals surface area contributed by atoms with Crippen molar-refractivity contribution in [1.29, 1.82) is 0 Å². The highest BCUT2D eigenvalue weighted by atomic mass is 19.1. The molecule has 1 unspecified atom stereocenters. The van der Waals surface area contributed by atoms with Crippen LogP contribution >= 0.6 is 0 Å². The largest absolute Gasteiger partial charge is 0.378 e. The number of piperidine rings is 1. The zero-order valence-electron chi connectivity index (χ0n) is 13.6. The molecule has 2 fully saturated rings. The van der Waals surface area contributed by atoms with Gasteiger partial charge in [-0.05, 0) is 62.8 Å². The van der Waals surface area contributed by atoms with Gasteiger partial charge in [0, 0.05) is 36.5 Å². The van der Waals surface area contributed by atoms with Crippen molar-refractivity contribution in [2.24, 2.45) is 5.92 Å². The van der Waals surface area contributed by atoms with Crippen molar-refractivity contribution < 1.29 is 9.13 Å². The number of aryl methyl sites for hydroxylation is 1. The van der Waals surface area contributed by atoms with Gasteiger partial charge in [0.15, 0.2) is 0 Å². The smallest absolute Gasteiger partial charge is 0.124 e. The minimum atomic E-state index is -0.196. The Labute approximate surface area is 136 Å². The molecule has 2 aromatic rings. The highest BCUT2D eigenvalue weighted by Crippen LogP contribution is 2.34. The Morgan fingerprint density at radius 2 is 2.00 bits per heavy atom. The van der Waals surface area contributed by atoms with Gasteiger partial charge in [-0.2, -0.15) is 0 Å². The lowest BCUT2D eigenvalue weighted by Crippen LogP contribution is -2.37. The number of fused-ring (bicyclic) bond motifs is 1. The van der Waals surface area contributed by atoms with Crippen molar-refractivity contribution in [2.75, 3.05) is 24.6 Å². The maximum Gasteiger partial charge on any atom is 0.124 e. The summed E-state index contributed by atoms with van der Waals surface area (Å²) in [6.45, 7) is 4.96. The first kappa shape index (κ1) is 14.9. The fraction of sp³-hybridized carbons (Fsp3) is 0.526. The first-order chi connectivity index (χ1) is 11.2. The van der Waals surface area contributed by atoms with Crippen molar-refractivity contribution in [1.82, 2.24) is 4.98 Å². The predicted molar refractivity (Wildman–Crippen MR) is 90.3 cm³/mol. The van der Waals surface area contributed by atoms with Gasteiger partial charge < -0.3 is 9.64 Å². The van der Waals surface area contributed by atoms with E-state index in [1.165, 1.54) is 18.9 Å². The summed E-state index contributed by atoms with van der Waals surface area (Å²) in [4.78, 5) is 6.93. The Morgan fingerprint density at radius 1 is 1.17 bits per heavy atom. The maximum absolute atomic E-state index is 13.7. The number of anilines is 1. The number of aromatic nitrogens is 1. The Kier molecular flexibility index (Phi) is 3.93. The van der Waals surface area contributed by atoms with Crippen LogP contribution in [0, 0.1) is 18.7 Å². The van der Waals surface area contributed by atoms with Gasteiger partial charge in [-0.3, -0.25) is 4.98 Å². The van der Waals surface area contributed by atoms with Crippen molar-refractivity contribution in [2.45, 2.75) is 38.7 Å². The first-order valence-corrected chi connectivity index (χ1v) is 8.64. The van der Waals surface area contributed by atoms with Gasteiger partial charge in [0.05, 0.1) is 11.6 Å². The molecule has 3 nitrogen and oxygen atoms in total. The molecule has 4 rings (SSSR count). The van der Waals surface area contributed by atoms with Crippen LogP contribution in [-0.2, 0) is 4.74 Å². The Hall–Kier alpha value is -1.68. The number of pyridine rings is 1. The lowest BCUT2D eigenvalue weighted by molar-refractivity contribution is 0.0532. The second-order valence-corrected chi connectivity index (χ2v) is 6.82. The number of hydrogen-bond acceptors (Lipinski definition) is 3. The molecule has 1 aromatic carbocycles. The van der Waals surface area contributed by atoms with E-state index in [0.717, 1.165) is 54.8 Å². The van der Waals surface area contributed by atoms with Crippen LogP contribution in [0.1, 0.15) is 31.4 Å². The molecular weight excluding hydrogens is 291 g/mol. The zero-order chi connectivity index (χ0) is 15.8. The summed E-state index contributed by atoms with van der Waals surface area (Å²) in [6.07, 6.45) is 5.20. The van der Waals surface area contributed by atoms with E-state index >= 15 is 0 Å². The molecule has 4 heteroatoms. The van der Waals surface area contributed by atoms with Gasteiger partial charge in [0.25, 0.3) is 0 Å². The lowest BCUT2D eigenvalue weighted by atomic mass is 9.89. The highest BCUT2D eigenvalue weighted by Gasteiger charge is 2.30. The number of benzene rings is 1. The Morgan fingerprint density at radius 3 is 2.74 bits per heavy atom. The van der Waals surface area contributed by atoms with Crippen LogP contribution in [-0.4, -0.2) is 30.8 Å². The third-order valence-corrected chi connectivity index (χ3v) is 5.25. The molecule has 2 aliphatic heterocycles. The molecule has 0 amide bonds. The van der Waals surface area contributed by atoms with E-state index in [0.29, 0.717) is 12.0 Å². The SMILES string of the molecule is Cc1cc(N2CCC(C3CCCO3)CC2)c2cc(F)ccc2n1. The van der Waals surface area contributed by atoms with Crippen LogP contribution in [0.3, 0.4) is 0 Å². The van der Waals surface area contributed by atoms with Gasteiger partial charge in [0.2, 0.25) is 0 Å². The molecule has 0 saturated carbocycles. The zero-order valence-corrected chi connectivity index (χ0v) is 13.6. The van der Waals surface area contributed by atoms with E-state index in [1.54, 1.807) is 12.1 Å². The fourth-order valence-corrected chi connectivity index (χ4v) is 4.06. The minimum Gasteiger partial charge on any atom is -0.378 e. The van der Waals surface area contributed by atoms with Crippen LogP contribution in [0.25, 0.3) is 10.9 Å². The number of hydrogen-bond donors (Lipinski definition) is 0. The molecule has 122 valence electrons. The van der Waals surface area contributed by atoms with E-state index < -0.39 is 0 Å². The molecule has 2 aliphatic rings. The topological polar surface area (TPSA) is 25.4 Å². The summed E-state index contributed by atoms with van der Waals surface area (Å²) in [5.41, 5.74) is 2.99. The standard InChI is InChI=1S/C19H23FN2O/c1-13-11-18(16-12-15(20)4-5-17(16)21-13)22-8-6-14(7-9-22)19-3-2-10-23-19/h4-5,11-12,14,19H,2-3,6-10H2,1H3. The second-order valence-electron chi connectivity index (χ2n) is 6.82. The third kappa shape index (κ3) is 2.92. The monoisotopic (exact) mass is 314 g/mol. The van der Waals surface area contributed by atoms with Gasteiger partial charge in [-0.1, -0.05) is 0 Å². The van der Waals surface area contributed by atoms with Gasteiger partial charge in [-0.25, -0.2) is 4.39 Å². The van der Waals surface area contributed by atoms with Crippen molar-refractivity contribution in [3.8, 4) is 0 Å². The van der Waals surface area contributed by atoms with E-state index in [4.69, 9.17) is 4.74 Å². The lowest BCUT2D eigenvalue weighted by Gasteiger charge is -2.36. The van der Waals surface area contributed by atoms with E-state index in [-0.39, 0.29) is 5.82 Å². The van der Waals surface area contributed by atoms with E-state index in [1.807, 2.05) is 6.92 Å². The molecular formula is C19H23FN2O. The van der Waals surface area contributed by atoms with Crippen molar-refractivity contribution in [3.63, 3.8) is 0 Å². The molecule has 0 radical (unpaired) electrons. The molecule has 0 bridgehead atoms. The molecule has 0 aliphatic carbocycles. The Balaban J connectivity index is 1.59. The summed E-state index contributed by atoms with van der Waals surface area (Å²) in [7, 11) is 0. The summed E-state index contributed by atoms with van der Waals surface area (Å²) in [5, 5.41) is 0.922. The van der Waals surface area contributed by atoms with Gasteiger partial charge in [0.1, 0.15) is 5.82 Å².